The van der Waals surface area contributed by atoms with Gasteiger partial charge in [0, 0.05) is 29.7 Å². The molecular formula is C17H16F3N5. The number of fused-ring (bicyclic) bond motifs is 1. The summed E-state index contributed by atoms with van der Waals surface area (Å²) in [7, 11) is 0. The molecule has 1 aromatic carbocycles. The van der Waals surface area contributed by atoms with Crippen LogP contribution in [0, 0.1) is 0 Å². The van der Waals surface area contributed by atoms with Crippen LogP contribution in [-0.2, 0) is 6.18 Å². The number of nitrogens with two attached hydrogens (primary N) is 1. The molecule has 0 radical (unpaired) electrons. The number of anilines is 2. The van der Waals surface area contributed by atoms with E-state index in [0.717, 1.165) is 22.9 Å². The second kappa shape index (κ2) is 5.65. The summed E-state index contributed by atoms with van der Waals surface area (Å²) >= 11 is 0. The van der Waals surface area contributed by atoms with Crippen molar-refractivity contribution in [2.45, 2.75) is 31.5 Å². The number of rotatable bonds is 3. The minimum absolute atomic E-state index is 0.000164. The molecule has 0 amide bonds. The maximum atomic E-state index is 13.7. The molecule has 5 nitrogen and oxygen atoms in total. The van der Waals surface area contributed by atoms with Gasteiger partial charge in [0.1, 0.15) is 5.69 Å². The lowest BCUT2D eigenvalue weighted by Crippen LogP contribution is -2.26. The van der Waals surface area contributed by atoms with Crippen LogP contribution in [0.4, 0.5) is 24.7 Å². The molecule has 2 aromatic heterocycles. The number of hydrogen-bond donors (Lipinski definition) is 2. The lowest BCUT2D eigenvalue weighted by molar-refractivity contribution is -0.141. The summed E-state index contributed by atoms with van der Waals surface area (Å²) in [5.41, 5.74) is 5.88. The summed E-state index contributed by atoms with van der Waals surface area (Å²) in [5.74, 6) is -0.0367. The predicted octanol–water partition coefficient (Wildman–Crippen LogP) is 3.96. The Hall–Kier alpha value is -2.77. The largest absolute Gasteiger partial charge is 0.433 e. The van der Waals surface area contributed by atoms with Gasteiger partial charge in [-0.05, 0) is 31.4 Å². The van der Waals surface area contributed by atoms with E-state index in [-0.39, 0.29) is 17.2 Å². The zero-order valence-corrected chi connectivity index (χ0v) is 13.2. The van der Waals surface area contributed by atoms with Gasteiger partial charge in [0.05, 0.1) is 0 Å². The van der Waals surface area contributed by atoms with Crippen LogP contribution in [0.2, 0.25) is 0 Å². The van der Waals surface area contributed by atoms with Crippen LogP contribution in [0.25, 0.3) is 16.9 Å². The average Bonchev–Trinajstić information content (AvgIpc) is 2.99. The topological polar surface area (TPSA) is 68.2 Å². The Bertz CT molecular complexity index is 928. The number of halogens is 3. The van der Waals surface area contributed by atoms with Gasteiger partial charge in [-0.3, -0.25) is 4.40 Å². The normalized spacial score (nSPS) is 15.3. The molecule has 0 atom stereocenters. The Labute approximate surface area is 141 Å². The maximum absolute atomic E-state index is 13.7. The van der Waals surface area contributed by atoms with Gasteiger partial charge in [0.2, 0.25) is 0 Å². The minimum Gasteiger partial charge on any atom is -0.382 e. The van der Waals surface area contributed by atoms with Crippen molar-refractivity contribution in [1.82, 2.24) is 14.4 Å². The summed E-state index contributed by atoms with van der Waals surface area (Å²) in [5, 5.41) is 3.33. The van der Waals surface area contributed by atoms with Crippen molar-refractivity contribution < 1.29 is 13.2 Å². The van der Waals surface area contributed by atoms with Gasteiger partial charge in [0.15, 0.2) is 17.2 Å². The summed E-state index contributed by atoms with van der Waals surface area (Å²) in [6.45, 7) is 0. The molecule has 1 aliphatic rings. The zero-order chi connectivity index (χ0) is 17.6. The van der Waals surface area contributed by atoms with Crippen LogP contribution in [0.1, 0.15) is 25.0 Å². The van der Waals surface area contributed by atoms with Crippen LogP contribution in [-0.4, -0.2) is 20.4 Å². The fourth-order valence-electron chi connectivity index (χ4n) is 3.03. The Morgan fingerprint density at radius 3 is 2.72 bits per heavy atom. The average molecular weight is 347 g/mol. The molecule has 1 saturated carbocycles. The second-order valence-corrected chi connectivity index (χ2v) is 6.17. The van der Waals surface area contributed by atoms with E-state index in [9.17, 15) is 13.2 Å². The highest BCUT2D eigenvalue weighted by molar-refractivity contribution is 5.73. The van der Waals surface area contributed by atoms with Gasteiger partial charge < -0.3 is 11.1 Å². The van der Waals surface area contributed by atoms with E-state index in [0.29, 0.717) is 11.6 Å². The van der Waals surface area contributed by atoms with Crippen molar-refractivity contribution in [3.63, 3.8) is 0 Å². The summed E-state index contributed by atoms with van der Waals surface area (Å²) in [4.78, 5) is 7.88. The zero-order valence-electron chi connectivity index (χ0n) is 13.2. The number of nitrogen functional groups attached to an aromatic ring is 1. The van der Waals surface area contributed by atoms with Crippen molar-refractivity contribution in [1.29, 1.82) is 0 Å². The van der Waals surface area contributed by atoms with Crippen molar-refractivity contribution in [3.8, 4) is 11.3 Å². The summed E-state index contributed by atoms with van der Waals surface area (Å²) < 4.78 is 42.1. The van der Waals surface area contributed by atoms with Crippen molar-refractivity contribution in [3.05, 3.63) is 42.4 Å². The lowest BCUT2D eigenvalue weighted by atomic mass is 9.93. The van der Waals surface area contributed by atoms with Crippen molar-refractivity contribution >= 4 is 17.2 Å². The molecule has 4 rings (SSSR count). The van der Waals surface area contributed by atoms with Crippen LogP contribution in [0.15, 0.2) is 36.7 Å². The van der Waals surface area contributed by atoms with Crippen LogP contribution in [0.5, 0.6) is 0 Å². The predicted molar refractivity (Wildman–Crippen MR) is 89.1 cm³/mol. The van der Waals surface area contributed by atoms with E-state index < -0.39 is 11.9 Å². The van der Waals surface area contributed by atoms with E-state index in [1.807, 2.05) is 6.07 Å². The van der Waals surface area contributed by atoms with Gasteiger partial charge in [0.25, 0.3) is 0 Å². The third-order valence-corrected chi connectivity index (χ3v) is 4.45. The number of nitrogens with zero attached hydrogens (tertiary/aromatic N) is 3. The Kier molecular flexibility index (Phi) is 3.55. The van der Waals surface area contributed by atoms with Gasteiger partial charge in [-0.1, -0.05) is 12.1 Å². The van der Waals surface area contributed by atoms with Crippen LogP contribution < -0.4 is 11.1 Å². The van der Waals surface area contributed by atoms with Crippen molar-refractivity contribution in [2.24, 2.45) is 0 Å². The summed E-state index contributed by atoms with van der Waals surface area (Å²) in [6.07, 6.45) is 1.25. The molecule has 1 fully saturated rings. The number of hydrogen-bond acceptors (Lipinski definition) is 4. The molecular weight excluding hydrogens is 331 g/mol. The number of alkyl halides is 3. The molecule has 3 N–H and O–H groups in total. The smallest absolute Gasteiger partial charge is 0.382 e. The van der Waals surface area contributed by atoms with E-state index in [1.165, 1.54) is 18.8 Å². The van der Waals surface area contributed by atoms with E-state index in [4.69, 9.17) is 5.73 Å². The van der Waals surface area contributed by atoms with Gasteiger partial charge >= 0.3 is 6.18 Å². The summed E-state index contributed by atoms with van der Waals surface area (Å²) in [6, 6.07) is 7.22. The number of aromatic nitrogens is 3. The molecule has 0 unspecified atom stereocenters. The first-order valence-electron chi connectivity index (χ1n) is 8.00. The standard InChI is InChI=1S/C17H16F3N5/c18-17(19,20)14-13(24-15(21)16-22-7-8-25(14)16)10-3-1-6-12(9-10)23-11-4-2-5-11/h1,3,6-9,11,23H,2,4-5H2,(H2,21,24). The Balaban J connectivity index is 1.87. The molecule has 0 bridgehead atoms. The molecule has 1 aliphatic carbocycles. The van der Waals surface area contributed by atoms with Gasteiger partial charge in [-0.2, -0.15) is 13.2 Å². The lowest BCUT2D eigenvalue weighted by Gasteiger charge is -2.27. The number of imidazole rings is 1. The fraction of sp³-hybridized carbons (Fsp3) is 0.294. The second-order valence-electron chi connectivity index (χ2n) is 6.17. The van der Waals surface area contributed by atoms with Crippen LogP contribution in [0.3, 0.4) is 0 Å². The molecule has 0 spiro atoms. The molecule has 25 heavy (non-hydrogen) atoms. The highest BCUT2D eigenvalue weighted by atomic mass is 19.4. The van der Waals surface area contributed by atoms with Crippen LogP contribution >= 0.6 is 0 Å². The third kappa shape index (κ3) is 2.77. The molecule has 2 heterocycles. The first-order chi connectivity index (χ1) is 11.9. The minimum atomic E-state index is -4.59. The van der Waals surface area contributed by atoms with Gasteiger partial charge in [-0.15, -0.1) is 0 Å². The number of nitrogens with one attached hydrogen (secondary N) is 1. The molecule has 3 aromatic rings. The maximum Gasteiger partial charge on any atom is 0.433 e. The highest BCUT2D eigenvalue weighted by Gasteiger charge is 2.38. The Morgan fingerprint density at radius 2 is 2.04 bits per heavy atom. The van der Waals surface area contributed by atoms with E-state index in [1.54, 1.807) is 18.2 Å². The SMILES string of the molecule is Nc1nc(-c2cccc(NC3CCC3)c2)c(C(F)(F)F)n2ccnc12. The monoisotopic (exact) mass is 347 g/mol. The Morgan fingerprint density at radius 1 is 1.24 bits per heavy atom. The van der Waals surface area contributed by atoms with E-state index >= 15 is 0 Å². The molecule has 8 heteroatoms. The van der Waals surface area contributed by atoms with Crippen molar-refractivity contribution in [2.75, 3.05) is 11.1 Å². The quantitative estimate of drug-likeness (QED) is 0.752. The fourth-order valence-corrected chi connectivity index (χ4v) is 3.03. The first kappa shape index (κ1) is 15.7. The first-order valence-corrected chi connectivity index (χ1v) is 8.00. The molecule has 130 valence electrons. The molecule has 0 saturated heterocycles. The third-order valence-electron chi connectivity index (χ3n) is 4.45. The van der Waals surface area contributed by atoms with Gasteiger partial charge in [-0.25, -0.2) is 9.97 Å². The molecule has 0 aliphatic heterocycles. The highest BCUT2D eigenvalue weighted by Crippen LogP contribution is 2.38. The number of benzene rings is 1. The van der Waals surface area contributed by atoms with E-state index in [2.05, 4.69) is 15.3 Å².